The Hall–Kier alpha value is -1.49. The molecule has 0 N–H and O–H groups in total. The fourth-order valence-corrected chi connectivity index (χ4v) is 2.39. The summed E-state index contributed by atoms with van der Waals surface area (Å²) >= 11 is 3.44. The Bertz CT molecular complexity index is 745. The van der Waals surface area contributed by atoms with Crippen LogP contribution in [0.25, 0.3) is 22.1 Å². The van der Waals surface area contributed by atoms with E-state index in [9.17, 15) is 0 Å². The van der Waals surface area contributed by atoms with Crippen molar-refractivity contribution in [3.63, 3.8) is 0 Å². The maximum absolute atomic E-state index is 4.54. The normalized spacial score (nSPS) is 11.5. The Balaban J connectivity index is 2.60. The first kappa shape index (κ1) is 10.7. The second kappa shape index (κ2) is 3.50. The van der Waals surface area contributed by atoms with Crippen molar-refractivity contribution in [1.82, 2.24) is 19.5 Å². The molecule has 3 aromatic rings. The van der Waals surface area contributed by atoms with Crippen LogP contribution in [0, 0.1) is 13.8 Å². The van der Waals surface area contributed by atoms with Gasteiger partial charge in [0, 0.05) is 13.2 Å². The summed E-state index contributed by atoms with van der Waals surface area (Å²) in [7, 11) is 1.98. The first-order chi connectivity index (χ1) is 8.08. The minimum absolute atomic E-state index is 0.807. The van der Waals surface area contributed by atoms with Gasteiger partial charge >= 0.3 is 0 Å². The molecule has 0 aliphatic rings. The highest BCUT2D eigenvalue weighted by atomic mass is 79.9. The van der Waals surface area contributed by atoms with Gasteiger partial charge in [0.1, 0.15) is 11.0 Å². The molecule has 1 aromatic carbocycles. The third kappa shape index (κ3) is 1.45. The minimum Gasteiger partial charge on any atom is -0.322 e. The average Bonchev–Trinajstić information content (AvgIpc) is 2.57. The van der Waals surface area contributed by atoms with Crippen LogP contribution in [-0.4, -0.2) is 19.5 Å². The van der Waals surface area contributed by atoms with Crippen LogP contribution in [0.5, 0.6) is 0 Å². The van der Waals surface area contributed by atoms with Gasteiger partial charge in [-0.1, -0.05) is 0 Å². The lowest BCUT2D eigenvalue weighted by atomic mass is 10.1. The maximum Gasteiger partial charge on any atom is 0.177 e. The third-order valence-electron chi connectivity index (χ3n) is 2.93. The number of imidazole rings is 1. The molecule has 0 saturated heterocycles. The van der Waals surface area contributed by atoms with Gasteiger partial charge in [-0.3, -0.25) is 4.98 Å². The predicted molar refractivity (Wildman–Crippen MR) is 71.0 cm³/mol. The number of aryl methyl sites for hydroxylation is 3. The summed E-state index contributed by atoms with van der Waals surface area (Å²) in [5.74, 6) is 0. The lowest BCUT2D eigenvalue weighted by Gasteiger charge is -2.03. The highest BCUT2D eigenvalue weighted by Crippen LogP contribution is 2.27. The smallest absolute Gasteiger partial charge is 0.177 e. The van der Waals surface area contributed by atoms with Crippen LogP contribution >= 0.6 is 15.9 Å². The number of hydrogen-bond donors (Lipinski definition) is 0. The zero-order chi connectivity index (χ0) is 12.2. The highest BCUT2D eigenvalue weighted by Gasteiger charge is 2.12. The molecule has 2 heterocycles. The molecule has 0 bridgehead atoms. The van der Waals surface area contributed by atoms with E-state index in [0.717, 1.165) is 38.1 Å². The molecule has 0 saturated carbocycles. The zero-order valence-corrected chi connectivity index (χ0v) is 11.4. The lowest BCUT2D eigenvalue weighted by Crippen LogP contribution is -1.93. The Morgan fingerprint density at radius 3 is 2.65 bits per heavy atom. The van der Waals surface area contributed by atoms with Crippen LogP contribution in [0.3, 0.4) is 0 Å². The molecule has 3 rings (SSSR count). The molecule has 0 amide bonds. The zero-order valence-electron chi connectivity index (χ0n) is 9.82. The van der Waals surface area contributed by atoms with Gasteiger partial charge in [-0.05, 0) is 41.4 Å². The van der Waals surface area contributed by atoms with Gasteiger partial charge in [-0.25, -0.2) is 9.97 Å². The van der Waals surface area contributed by atoms with Crippen molar-refractivity contribution in [2.45, 2.75) is 13.8 Å². The van der Waals surface area contributed by atoms with Crippen LogP contribution < -0.4 is 0 Å². The summed E-state index contributed by atoms with van der Waals surface area (Å²) in [6.45, 7) is 4.00. The molecule has 2 aromatic heterocycles. The molecule has 0 spiro atoms. The van der Waals surface area contributed by atoms with Crippen LogP contribution in [0.4, 0.5) is 0 Å². The molecule has 0 aliphatic heterocycles. The van der Waals surface area contributed by atoms with E-state index >= 15 is 0 Å². The van der Waals surface area contributed by atoms with Crippen molar-refractivity contribution >= 4 is 38.0 Å². The SMILES string of the molecule is Cc1cnc2c(n1)c(C)cc1c2nc(Br)n1C. The molecule has 0 radical (unpaired) electrons. The maximum atomic E-state index is 4.54. The van der Waals surface area contributed by atoms with E-state index in [1.165, 1.54) is 0 Å². The Kier molecular flexibility index (Phi) is 2.19. The predicted octanol–water partition coefficient (Wildman–Crippen LogP) is 2.90. The fourth-order valence-electron chi connectivity index (χ4n) is 2.02. The third-order valence-corrected chi connectivity index (χ3v) is 3.64. The summed E-state index contributed by atoms with van der Waals surface area (Å²) in [5.41, 5.74) is 5.82. The first-order valence-electron chi connectivity index (χ1n) is 5.33. The van der Waals surface area contributed by atoms with Crippen LogP contribution in [0.2, 0.25) is 0 Å². The first-order valence-corrected chi connectivity index (χ1v) is 6.12. The monoisotopic (exact) mass is 290 g/mol. The summed E-state index contributed by atoms with van der Waals surface area (Å²) in [6.07, 6.45) is 1.78. The van der Waals surface area contributed by atoms with Crippen LogP contribution in [0.15, 0.2) is 17.0 Å². The summed E-state index contributed by atoms with van der Waals surface area (Å²) in [4.78, 5) is 13.5. The standard InChI is InChI=1S/C12H11BrN4/c1-6-4-8-10(16-12(13)17(8)3)11-9(6)15-7(2)5-14-11/h4-5H,1-3H3. The minimum atomic E-state index is 0.807. The van der Waals surface area contributed by atoms with Crippen LogP contribution in [0.1, 0.15) is 11.3 Å². The largest absolute Gasteiger partial charge is 0.322 e. The fraction of sp³-hybridized carbons (Fsp3) is 0.250. The van der Waals surface area contributed by atoms with E-state index in [1.807, 2.05) is 18.5 Å². The van der Waals surface area contributed by atoms with E-state index < -0.39 is 0 Å². The van der Waals surface area contributed by atoms with E-state index in [1.54, 1.807) is 6.20 Å². The van der Waals surface area contributed by atoms with Gasteiger partial charge in [-0.15, -0.1) is 0 Å². The van der Waals surface area contributed by atoms with Crippen molar-refractivity contribution in [3.05, 3.63) is 28.3 Å². The molecule has 0 fully saturated rings. The number of halogens is 1. The van der Waals surface area contributed by atoms with E-state index in [4.69, 9.17) is 0 Å². The summed E-state index contributed by atoms with van der Waals surface area (Å²) in [6, 6.07) is 2.10. The molecule has 0 atom stereocenters. The van der Waals surface area contributed by atoms with E-state index in [0.29, 0.717) is 0 Å². The molecule has 4 nitrogen and oxygen atoms in total. The number of nitrogens with zero attached hydrogens (tertiary/aromatic N) is 4. The Labute approximate surface area is 107 Å². The van der Waals surface area contributed by atoms with Gasteiger partial charge in [0.05, 0.1) is 16.7 Å². The molecule has 17 heavy (non-hydrogen) atoms. The number of rotatable bonds is 0. The van der Waals surface area contributed by atoms with Gasteiger partial charge in [0.15, 0.2) is 4.73 Å². The number of fused-ring (bicyclic) bond motifs is 3. The van der Waals surface area contributed by atoms with Gasteiger partial charge in [0.2, 0.25) is 0 Å². The second-order valence-corrected chi connectivity index (χ2v) is 4.92. The van der Waals surface area contributed by atoms with Crippen LogP contribution in [-0.2, 0) is 7.05 Å². The van der Waals surface area contributed by atoms with Gasteiger partial charge in [-0.2, -0.15) is 0 Å². The summed E-state index contributed by atoms with van der Waals surface area (Å²) < 4.78 is 2.81. The van der Waals surface area contributed by atoms with Crippen molar-refractivity contribution in [3.8, 4) is 0 Å². The topological polar surface area (TPSA) is 43.6 Å². The molecule has 5 heteroatoms. The molecular formula is C12H11BrN4. The molecular weight excluding hydrogens is 280 g/mol. The number of hydrogen-bond acceptors (Lipinski definition) is 3. The number of aromatic nitrogens is 4. The molecule has 0 aliphatic carbocycles. The molecule has 86 valence electrons. The van der Waals surface area contributed by atoms with Crippen molar-refractivity contribution in [1.29, 1.82) is 0 Å². The van der Waals surface area contributed by atoms with Crippen molar-refractivity contribution in [2.24, 2.45) is 7.05 Å². The summed E-state index contributed by atoms with van der Waals surface area (Å²) in [5, 5.41) is 0. The van der Waals surface area contributed by atoms with Crippen molar-refractivity contribution in [2.75, 3.05) is 0 Å². The highest BCUT2D eigenvalue weighted by molar-refractivity contribution is 9.10. The number of benzene rings is 1. The Morgan fingerprint density at radius 1 is 1.12 bits per heavy atom. The van der Waals surface area contributed by atoms with E-state index in [2.05, 4.69) is 43.9 Å². The quantitative estimate of drug-likeness (QED) is 0.639. The van der Waals surface area contributed by atoms with Crippen molar-refractivity contribution < 1.29 is 0 Å². The van der Waals surface area contributed by atoms with E-state index in [-0.39, 0.29) is 0 Å². The second-order valence-electron chi connectivity index (χ2n) is 4.21. The van der Waals surface area contributed by atoms with Gasteiger partial charge < -0.3 is 4.57 Å². The van der Waals surface area contributed by atoms with Gasteiger partial charge in [0.25, 0.3) is 0 Å². The lowest BCUT2D eigenvalue weighted by molar-refractivity contribution is 0.912. The average molecular weight is 291 g/mol. The Morgan fingerprint density at radius 2 is 1.88 bits per heavy atom. The molecule has 0 unspecified atom stereocenters.